The second-order valence-electron chi connectivity index (χ2n) is 4.05. The number of benzene rings is 1. The molecule has 0 aliphatic carbocycles. The smallest absolute Gasteiger partial charge is 0.357 e. The van der Waals surface area contributed by atoms with E-state index in [2.05, 4.69) is 15.9 Å². The fourth-order valence-electron chi connectivity index (χ4n) is 1.87. The molecule has 0 saturated heterocycles. The third-order valence-corrected chi connectivity index (χ3v) is 3.58. The Morgan fingerprint density at radius 2 is 2.00 bits per heavy atom. The van der Waals surface area contributed by atoms with Crippen molar-refractivity contribution in [3.63, 3.8) is 0 Å². The first kappa shape index (κ1) is 14.6. The number of carbonyl (C=O) groups is 1. The van der Waals surface area contributed by atoms with Gasteiger partial charge in [-0.3, -0.25) is 0 Å². The van der Waals surface area contributed by atoms with Crippen molar-refractivity contribution in [1.29, 1.82) is 10.5 Å². The Hall–Kier alpha value is -2.77. The van der Waals surface area contributed by atoms with Gasteiger partial charge in [0.2, 0.25) is 0 Å². The zero-order chi connectivity index (χ0) is 15.6. The van der Waals surface area contributed by atoms with E-state index in [1.54, 1.807) is 18.2 Å². The van der Waals surface area contributed by atoms with Crippen LogP contribution in [-0.4, -0.2) is 17.6 Å². The van der Waals surface area contributed by atoms with Crippen molar-refractivity contribution in [3.8, 4) is 17.8 Å². The van der Waals surface area contributed by atoms with Gasteiger partial charge in [-0.1, -0.05) is 0 Å². The monoisotopic (exact) mass is 344 g/mol. The number of nitrogens with two attached hydrogens (primary N) is 1. The maximum absolute atomic E-state index is 11.9. The number of halogens is 1. The normalized spacial score (nSPS) is 9.71. The number of nitriles is 2. The third-order valence-electron chi connectivity index (χ3n) is 2.89. The summed E-state index contributed by atoms with van der Waals surface area (Å²) >= 11 is 3.26. The number of anilines is 1. The van der Waals surface area contributed by atoms with E-state index >= 15 is 0 Å². The Morgan fingerprint density at radius 3 is 2.57 bits per heavy atom. The van der Waals surface area contributed by atoms with Crippen molar-refractivity contribution in [2.75, 3.05) is 12.8 Å². The minimum Gasteiger partial charge on any atom is -0.464 e. The van der Waals surface area contributed by atoms with E-state index in [4.69, 9.17) is 21.0 Å². The quantitative estimate of drug-likeness (QED) is 0.841. The Labute approximate surface area is 129 Å². The molecule has 2 aromatic rings. The van der Waals surface area contributed by atoms with Crippen molar-refractivity contribution in [1.82, 2.24) is 4.57 Å². The number of esters is 1. The van der Waals surface area contributed by atoms with Crippen LogP contribution < -0.4 is 5.73 Å². The molecule has 7 heteroatoms. The van der Waals surface area contributed by atoms with E-state index in [0.717, 1.165) is 0 Å². The first-order valence-corrected chi connectivity index (χ1v) is 6.52. The van der Waals surface area contributed by atoms with Crippen LogP contribution in [0.15, 0.2) is 28.9 Å². The number of aromatic nitrogens is 1. The van der Waals surface area contributed by atoms with Crippen LogP contribution in [0.1, 0.15) is 21.6 Å². The highest BCUT2D eigenvalue weighted by atomic mass is 79.9. The molecule has 0 saturated carbocycles. The van der Waals surface area contributed by atoms with Crippen LogP contribution >= 0.6 is 15.9 Å². The van der Waals surface area contributed by atoms with E-state index in [-0.39, 0.29) is 16.9 Å². The summed E-state index contributed by atoms with van der Waals surface area (Å²) in [6.07, 6.45) is 1.44. The Balaban J connectivity index is 2.73. The topological polar surface area (TPSA) is 105 Å². The number of carbonyl (C=O) groups excluding carboxylic acids is 1. The summed E-state index contributed by atoms with van der Waals surface area (Å²) in [7, 11) is 1.23. The van der Waals surface area contributed by atoms with Gasteiger partial charge >= 0.3 is 5.97 Å². The zero-order valence-electron chi connectivity index (χ0n) is 10.9. The highest BCUT2D eigenvalue weighted by Crippen LogP contribution is 2.27. The summed E-state index contributed by atoms with van der Waals surface area (Å²) in [6, 6.07) is 8.90. The zero-order valence-corrected chi connectivity index (χ0v) is 12.5. The van der Waals surface area contributed by atoms with E-state index in [1.165, 1.54) is 17.9 Å². The fourth-order valence-corrected chi connectivity index (χ4v) is 2.20. The van der Waals surface area contributed by atoms with Crippen LogP contribution in [0.2, 0.25) is 0 Å². The lowest BCUT2D eigenvalue weighted by Gasteiger charge is -2.09. The summed E-state index contributed by atoms with van der Waals surface area (Å²) in [5.74, 6) is -0.657. The molecule has 2 rings (SSSR count). The average molecular weight is 345 g/mol. The number of methoxy groups -OCH3 is 1. The Kier molecular flexibility index (Phi) is 3.97. The molecule has 1 heterocycles. The van der Waals surface area contributed by atoms with Gasteiger partial charge in [-0.2, -0.15) is 10.5 Å². The lowest BCUT2D eigenvalue weighted by molar-refractivity contribution is 0.0593. The molecule has 2 N–H and O–H groups in total. The summed E-state index contributed by atoms with van der Waals surface area (Å²) < 4.78 is 6.76. The second-order valence-corrected chi connectivity index (χ2v) is 4.91. The maximum atomic E-state index is 11.9. The van der Waals surface area contributed by atoms with Crippen LogP contribution in [0.25, 0.3) is 5.69 Å². The molecule has 0 atom stereocenters. The fraction of sp³-hybridized carbons (Fsp3) is 0.0714. The second kappa shape index (κ2) is 5.70. The van der Waals surface area contributed by atoms with Gasteiger partial charge in [0.1, 0.15) is 12.1 Å². The maximum Gasteiger partial charge on any atom is 0.357 e. The number of nitrogen functional groups attached to an aromatic ring is 1. The van der Waals surface area contributed by atoms with E-state index < -0.39 is 5.97 Å². The molecule has 0 bridgehead atoms. The van der Waals surface area contributed by atoms with Crippen molar-refractivity contribution in [3.05, 3.63) is 45.7 Å². The highest BCUT2D eigenvalue weighted by molar-refractivity contribution is 9.10. The van der Waals surface area contributed by atoms with Crippen molar-refractivity contribution in [2.24, 2.45) is 0 Å². The molecule has 0 aliphatic rings. The minimum atomic E-state index is -0.657. The molecular formula is C14H9BrN4O2. The molecule has 0 aliphatic heterocycles. The molecule has 21 heavy (non-hydrogen) atoms. The van der Waals surface area contributed by atoms with Gasteiger partial charge in [0.15, 0.2) is 5.69 Å². The molecule has 0 unspecified atom stereocenters. The van der Waals surface area contributed by atoms with E-state index in [9.17, 15) is 4.79 Å². The Bertz CT molecular complexity index is 812. The van der Waals surface area contributed by atoms with Gasteiger partial charge in [0.25, 0.3) is 0 Å². The molecule has 104 valence electrons. The average Bonchev–Trinajstić information content (AvgIpc) is 2.83. The molecule has 0 fully saturated rings. The van der Waals surface area contributed by atoms with Gasteiger partial charge in [-0.15, -0.1) is 0 Å². The van der Waals surface area contributed by atoms with Gasteiger partial charge in [0, 0.05) is 16.4 Å². The van der Waals surface area contributed by atoms with Gasteiger partial charge in [-0.25, -0.2) is 4.79 Å². The van der Waals surface area contributed by atoms with Crippen LogP contribution in [0.3, 0.4) is 0 Å². The van der Waals surface area contributed by atoms with Gasteiger partial charge in [-0.05, 0) is 34.1 Å². The summed E-state index contributed by atoms with van der Waals surface area (Å²) in [5.41, 5.74) is 7.01. The molecule has 1 aromatic heterocycles. The van der Waals surface area contributed by atoms with Crippen LogP contribution in [0.4, 0.5) is 5.69 Å². The number of ether oxygens (including phenoxy) is 1. The summed E-state index contributed by atoms with van der Waals surface area (Å²) in [5, 5.41) is 18.1. The lowest BCUT2D eigenvalue weighted by atomic mass is 10.2. The molecule has 0 radical (unpaired) electrons. The van der Waals surface area contributed by atoms with Crippen LogP contribution in [-0.2, 0) is 4.74 Å². The number of hydrogen-bond donors (Lipinski definition) is 1. The SMILES string of the molecule is COC(=O)c1c(N)c(C#N)cn1-c1ccc(Br)c(C#N)c1. The summed E-state index contributed by atoms with van der Waals surface area (Å²) in [4.78, 5) is 11.9. The van der Waals surface area contributed by atoms with Gasteiger partial charge < -0.3 is 15.0 Å². The highest BCUT2D eigenvalue weighted by Gasteiger charge is 2.21. The standard InChI is InChI=1S/C14H9BrN4O2/c1-21-14(20)13-12(18)9(6-17)7-19(13)10-2-3-11(15)8(4-10)5-16/h2-4,7H,18H2,1H3. The van der Waals surface area contributed by atoms with Crippen molar-refractivity contribution >= 4 is 27.6 Å². The number of nitrogens with zero attached hydrogens (tertiary/aromatic N) is 3. The minimum absolute atomic E-state index is 0.0470. The molecule has 1 aromatic carbocycles. The molecule has 0 spiro atoms. The predicted octanol–water partition coefficient (Wildman–Crippen LogP) is 2.35. The van der Waals surface area contributed by atoms with Crippen molar-refractivity contribution < 1.29 is 9.53 Å². The van der Waals surface area contributed by atoms with Gasteiger partial charge in [0.05, 0.1) is 23.9 Å². The number of rotatable bonds is 2. The molecule has 6 nitrogen and oxygen atoms in total. The first-order chi connectivity index (χ1) is 10.0. The largest absolute Gasteiger partial charge is 0.464 e. The molecule has 0 amide bonds. The van der Waals surface area contributed by atoms with Crippen LogP contribution in [0, 0.1) is 22.7 Å². The van der Waals surface area contributed by atoms with Crippen molar-refractivity contribution in [2.45, 2.75) is 0 Å². The molecular weight excluding hydrogens is 336 g/mol. The van der Waals surface area contributed by atoms with Crippen LogP contribution in [0.5, 0.6) is 0 Å². The third kappa shape index (κ3) is 2.47. The van der Waals surface area contributed by atoms with E-state index in [0.29, 0.717) is 15.7 Å². The van der Waals surface area contributed by atoms with E-state index in [1.807, 2.05) is 12.1 Å². The first-order valence-electron chi connectivity index (χ1n) is 5.72. The Morgan fingerprint density at radius 1 is 1.33 bits per heavy atom. The predicted molar refractivity (Wildman–Crippen MR) is 78.7 cm³/mol. The summed E-state index contributed by atoms with van der Waals surface area (Å²) in [6.45, 7) is 0. The number of hydrogen-bond acceptors (Lipinski definition) is 5. The lowest BCUT2D eigenvalue weighted by Crippen LogP contribution is -2.11.